The van der Waals surface area contributed by atoms with Gasteiger partial charge in [0.2, 0.25) is 5.16 Å². The quantitative estimate of drug-likeness (QED) is 0.581. The van der Waals surface area contributed by atoms with Crippen LogP contribution in [0.5, 0.6) is 0 Å². The van der Waals surface area contributed by atoms with E-state index in [0.29, 0.717) is 10.9 Å². The molecule has 0 N–H and O–H groups in total. The Morgan fingerprint density at radius 2 is 2.14 bits per heavy atom. The molecule has 8 heteroatoms. The van der Waals surface area contributed by atoms with Crippen molar-refractivity contribution in [2.75, 3.05) is 19.0 Å². The molecular formula is C13H16F2N4OS. The van der Waals surface area contributed by atoms with Crippen LogP contribution in [0.25, 0.3) is 5.69 Å². The minimum atomic E-state index is -2.43. The highest BCUT2D eigenvalue weighted by Gasteiger charge is 2.12. The van der Waals surface area contributed by atoms with E-state index in [-0.39, 0.29) is 6.61 Å². The third-order valence-electron chi connectivity index (χ3n) is 2.95. The Morgan fingerprint density at radius 1 is 1.33 bits per heavy atom. The van der Waals surface area contributed by atoms with Gasteiger partial charge in [0.25, 0.3) is 6.43 Å². The van der Waals surface area contributed by atoms with Crippen molar-refractivity contribution >= 4 is 11.8 Å². The van der Waals surface area contributed by atoms with E-state index in [1.807, 2.05) is 32.0 Å². The maximum Gasteiger partial charge on any atom is 0.261 e. The molecule has 0 saturated carbocycles. The summed E-state index contributed by atoms with van der Waals surface area (Å²) in [5.74, 6) is 0.512. The minimum absolute atomic E-state index is 0.231. The van der Waals surface area contributed by atoms with Gasteiger partial charge in [0.1, 0.15) is 6.61 Å². The van der Waals surface area contributed by atoms with Crippen molar-refractivity contribution < 1.29 is 13.5 Å². The molecule has 5 nitrogen and oxygen atoms in total. The van der Waals surface area contributed by atoms with Crippen LogP contribution in [0.4, 0.5) is 8.78 Å². The molecule has 0 amide bonds. The number of tetrazole rings is 1. The second-order valence-electron chi connectivity index (χ2n) is 4.41. The van der Waals surface area contributed by atoms with Gasteiger partial charge in [0, 0.05) is 5.75 Å². The second kappa shape index (κ2) is 7.46. The first-order chi connectivity index (χ1) is 10.1. The Bertz CT molecular complexity index is 591. The van der Waals surface area contributed by atoms with Gasteiger partial charge in [0.15, 0.2) is 0 Å². The van der Waals surface area contributed by atoms with E-state index in [1.54, 1.807) is 4.68 Å². The van der Waals surface area contributed by atoms with Gasteiger partial charge in [-0.15, -0.1) is 5.10 Å². The molecule has 2 aromatic rings. The molecule has 0 atom stereocenters. The summed E-state index contributed by atoms with van der Waals surface area (Å²) in [7, 11) is 0. The molecule has 2 rings (SSSR count). The van der Waals surface area contributed by atoms with Gasteiger partial charge in [-0.3, -0.25) is 0 Å². The van der Waals surface area contributed by atoms with Crippen LogP contribution in [0.3, 0.4) is 0 Å². The molecule has 0 aliphatic heterocycles. The normalized spacial score (nSPS) is 11.3. The number of aromatic nitrogens is 4. The first-order valence-electron chi connectivity index (χ1n) is 6.43. The Balaban J connectivity index is 2.00. The zero-order valence-corrected chi connectivity index (χ0v) is 12.6. The lowest BCUT2D eigenvalue weighted by Crippen LogP contribution is -2.07. The Morgan fingerprint density at radius 3 is 2.90 bits per heavy atom. The van der Waals surface area contributed by atoms with Crippen molar-refractivity contribution in [2.24, 2.45) is 0 Å². The third kappa shape index (κ3) is 4.21. The summed E-state index contributed by atoms with van der Waals surface area (Å²) in [5.41, 5.74) is 3.16. The van der Waals surface area contributed by atoms with Crippen LogP contribution >= 0.6 is 11.8 Å². The SMILES string of the molecule is Cc1cccc(-n2nnnc2SCCOCC(F)F)c1C. The van der Waals surface area contributed by atoms with Gasteiger partial charge < -0.3 is 4.74 Å². The number of halogens is 2. The molecule has 1 heterocycles. The molecule has 114 valence electrons. The first-order valence-corrected chi connectivity index (χ1v) is 7.42. The molecule has 1 aromatic heterocycles. The van der Waals surface area contributed by atoms with Crippen LogP contribution in [0, 0.1) is 13.8 Å². The van der Waals surface area contributed by atoms with Crippen LogP contribution in [0.15, 0.2) is 23.4 Å². The van der Waals surface area contributed by atoms with E-state index >= 15 is 0 Å². The molecular weight excluding hydrogens is 298 g/mol. The van der Waals surface area contributed by atoms with Gasteiger partial charge >= 0.3 is 0 Å². The fourth-order valence-electron chi connectivity index (χ4n) is 1.75. The van der Waals surface area contributed by atoms with Crippen LogP contribution in [0.2, 0.25) is 0 Å². The van der Waals surface area contributed by atoms with Crippen molar-refractivity contribution in [3.63, 3.8) is 0 Å². The Labute approximate surface area is 125 Å². The number of hydrogen-bond donors (Lipinski definition) is 0. The molecule has 0 unspecified atom stereocenters. The summed E-state index contributed by atoms with van der Waals surface area (Å²) < 4.78 is 30.4. The van der Waals surface area contributed by atoms with Crippen LogP contribution in [-0.2, 0) is 4.74 Å². The summed E-state index contributed by atoms with van der Waals surface area (Å²) in [6.07, 6.45) is -2.43. The van der Waals surface area contributed by atoms with E-state index in [1.165, 1.54) is 11.8 Å². The van der Waals surface area contributed by atoms with Gasteiger partial charge in [-0.05, 0) is 41.5 Å². The standard InChI is InChI=1S/C13H16F2N4OS/c1-9-4-3-5-11(10(9)2)19-13(16-17-18-19)21-7-6-20-8-12(14)15/h3-5,12H,6-8H2,1-2H3. The molecule has 0 aliphatic carbocycles. The number of ether oxygens (including phenoxy) is 1. The van der Waals surface area contributed by atoms with E-state index in [9.17, 15) is 8.78 Å². The summed E-state index contributed by atoms with van der Waals surface area (Å²) >= 11 is 1.37. The highest BCUT2D eigenvalue weighted by molar-refractivity contribution is 7.99. The number of thioether (sulfide) groups is 1. The lowest BCUT2D eigenvalue weighted by atomic mass is 10.1. The average molecular weight is 314 g/mol. The number of nitrogens with zero attached hydrogens (tertiary/aromatic N) is 4. The summed E-state index contributed by atoms with van der Waals surface area (Å²) in [4.78, 5) is 0. The molecule has 0 spiro atoms. The number of benzene rings is 1. The van der Waals surface area contributed by atoms with Crippen molar-refractivity contribution in [1.82, 2.24) is 20.2 Å². The van der Waals surface area contributed by atoms with Crippen LogP contribution < -0.4 is 0 Å². The predicted molar refractivity (Wildman–Crippen MR) is 76.2 cm³/mol. The van der Waals surface area contributed by atoms with Gasteiger partial charge in [-0.1, -0.05) is 23.9 Å². The van der Waals surface area contributed by atoms with Crippen molar-refractivity contribution in [2.45, 2.75) is 25.4 Å². The van der Waals surface area contributed by atoms with E-state index in [0.717, 1.165) is 16.8 Å². The van der Waals surface area contributed by atoms with Crippen molar-refractivity contribution in [3.8, 4) is 5.69 Å². The Hall–Kier alpha value is -1.54. The summed E-state index contributed by atoms with van der Waals surface area (Å²) in [6.45, 7) is 3.72. The molecule has 0 radical (unpaired) electrons. The number of hydrogen-bond acceptors (Lipinski definition) is 5. The third-order valence-corrected chi connectivity index (χ3v) is 3.83. The lowest BCUT2D eigenvalue weighted by molar-refractivity contribution is 0.0237. The molecule has 21 heavy (non-hydrogen) atoms. The second-order valence-corrected chi connectivity index (χ2v) is 5.47. The Kier molecular flexibility index (Phi) is 5.63. The lowest BCUT2D eigenvalue weighted by Gasteiger charge is -2.09. The van der Waals surface area contributed by atoms with Crippen LogP contribution in [-0.4, -0.2) is 45.6 Å². The van der Waals surface area contributed by atoms with Crippen molar-refractivity contribution in [1.29, 1.82) is 0 Å². The first kappa shape index (κ1) is 15.8. The highest BCUT2D eigenvalue weighted by Crippen LogP contribution is 2.22. The fourth-order valence-corrected chi connectivity index (χ4v) is 2.48. The predicted octanol–water partition coefficient (Wildman–Crippen LogP) is 2.65. The molecule has 0 aliphatic rings. The number of rotatable bonds is 7. The largest absolute Gasteiger partial charge is 0.375 e. The summed E-state index contributed by atoms with van der Waals surface area (Å²) in [5, 5.41) is 12.2. The van der Waals surface area contributed by atoms with E-state index in [2.05, 4.69) is 15.5 Å². The number of alkyl halides is 2. The molecule has 1 aromatic carbocycles. The molecule has 0 bridgehead atoms. The molecule has 0 fully saturated rings. The zero-order valence-electron chi connectivity index (χ0n) is 11.8. The van der Waals surface area contributed by atoms with Gasteiger partial charge in [0.05, 0.1) is 12.3 Å². The van der Waals surface area contributed by atoms with E-state index < -0.39 is 13.0 Å². The van der Waals surface area contributed by atoms with Gasteiger partial charge in [-0.25, -0.2) is 8.78 Å². The maximum absolute atomic E-state index is 11.9. The number of aryl methyl sites for hydroxylation is 1. The van der Waals surface area contributed by atoms with Crippen LogP contribution in [0.1, 0.15) is 11.1 Å². The average Bonchev–Trinajstić information content (AvgIpc) is 2.89. The fraction of sp³-hybridized carbons (Fsp3) is 0.462. The monoisotopic (exact) mass is 314 g/mol. The molecule has 0 saturated heterocycles. The van der Waals surface area contributed by atoms with Crippen molar-refractivity contribution in [3.05, 3.63) is 29.3 Å². The zero-order chi connectivity index (χ0) is 15.2. The van der Waals surface area contributed by atoms with E-state index in [4.69, 9.17) is 4.74 Å². The topological polar surface area (TPSA) is 52.8 Å². The smallest absolute Gasteiger partial charge is 0.261 e. The van der Waals surface area contributed by atoms with Gasteiger partial charge in [-0.2, -0.15) is 4.68 Å². The summed E-state index contributed by atoms with van der Waals surface area (Å²) in [6, 6.07) is 5.91. The highest BCUT2D eigenvalue weighted by atomic mass is 32.2. The maximum atomic E-state index is 11.9. The minimum Gasteiger partial charge on any atom is -0.375 e.